The highest BCUT2D eigenvalue weighted by molar-refractivity contribution is 7.26. The Labute approximate surface area is 370 Å². The van der Waals surface area contributed by atoms with Crippen molar-refractivity contribution in [2.24, 2.45) is 4.99 Å². The summed E-state index contributed by atoms with van der Waals surface area (Å²) in [5.41, 5.74) is 18.9. The summed E-state index contributed by atoms with van der Waals surface area (Å²) in [5, 5.41) is 7.18. The van der Waals surface area contributed by atoms with Gasteiger partial charge < -0.3 is 4.42 Å². The number of allylic oxidation sites excluding steroid dienone is 2. The number of aliphatic imine (C=N–C) groups is 1. The van der Waals surface area contributed by atoms with Crippen LogP contribution >= 0.6 is 11.3 Å². The molecule has 2 heterocycles. The lowest BCUT2D eigenvalue weighted by Gasteiger charge is -2.15. The van der Waals surface area contributed by atoms with Crippen LogP contribution in [-0.4, -0.2) is 5.71 Å². The zero-order valence-electron chi connectivity index (χ0n) is 35.0. The number of hydrogen-bond acceptors (Lipinski definition) is 3. The number of fused-ring (bicyclic) bond motifs is 7. The van der Waals surface area contributed by atoms with Gasteiger partial charge in [0.15, 0.2) is 0 Å². The first-order valence-corrected chi connectivity index (χ1v) is 22.1. The number of thiophene rings is 1. The van der Waals surface area contributed by atoms with Gasteiger partial charge in [-0.25, -0.2) is 4.99 Å². The molecule has 63 heavy (non-hydrogen) atoms. The van der Waals surface area contributed by atoms with E-state index in [-0.39, 0.29) is 0 Å². The maximum absolute atomic E-state index is 6.41. The summed E-state index contributed by atoms with van der Waals surface area (Å²) < 4.78 is 9.04. The lowest BCUT2D eigenvalue weighted by Crippen LogP contribution is -2.06. The van der Waals surface area contributed by atoms with E-state index in [1.165, 1.54) is 53.2 Å². The summed E-state index contributed by atoms with van der Waals surface area (Å²) in [4.78, 5) is 5.43. The Balaban J connectivity index is 1.03. The van der Waals surface area contributed by atoms with Gasteiger partial charge in [0.1, 0.15) is 16.9 Å². The molecule has 0 aliphatic heterocycles. The van der Waals surface area contributed by atoms with Crippen LogP contribution < -0.4 is 0 Å². The quantitative estimate of drug-likeness (QED) is 0.111. The van der Waals surface area contributed by atoms with Gasteiger partial charge in [0, 0.05) is 47.6 Å². The van der Waals surface area contributed by atoms with E-state index in [4.69, 9.17) is 9.41 Å². The molecule has 11 rings (SSSR count). The predicted octanol–water partition coefficient (Wildman–Crippen LogP) is 17.2. The predicted molar refractivity (Wildman–Crippen MR) is 271 cm³/mol. The van der Waals surface area contributed by atoms with Gasteiger partial charge in [0.25, 0.3) is 0 Å². The number of nitrogens with zero attached hydrogens (tertiary/aromatic N) is 1. The van der Waals surface area contributed by atoms with E-state index in [0.29, 0.717) is 5.70 Å². The van der Waals surface area contributed by atoms with Crippen LogP contribution in [0.5, 0.6) is 0 Å². The molecule has 0 bridgehead atoms. The minimum absolute atomic E-state index is 0.675. The SMILES string of the molecule is C=C=C(N=C(/C(C)=C(\C)c1ccc2c(-c3cccc4c3sc3c(-c5ccccc5)cccc34)cccc2c1)c1ccc2c(c1)oc1ccccc12)c1cccc(-c2ccccc2)c1. The fraction of sp³-hybridized carbons (Fsp3) is 0.0333. The molecular formula is C60H41NOS. The fourth-order valence-corrected chi connectivity index (χ4v) is 10.4. The van der Waals surface area contributed by atoms with E-state index in [0.717, 1.165) is 66.6 Å². The van der Waals surface area contributed by atoms with Crippen LogP contribution in [0.15, 0.2) is 227 Å². The monoisotopic (exact) mass is 823 g/mol. The standard InChI is InChI=1S/C60H41NOS/c1-4-55(45-23-13-21-43(36-45)40-17-7-5-8-18-40)61-58(46-32-34-51-50-24-11-12-30-56(50)62-57(51)37-46)39(3)38(2)42-31-33-47-44(35-42)22-14-26-49(47)52-27-16-29-54-53-28-15-25-48(59(53)63-60(52)54)41-19-9-6-10-20-41/h5-37H,1H2,2-3H3/b39-38+,61-58?. The van der Waals surface area contributed by atoms with Crippen molar-refractivity contribution in [2.75, 3.05) is 0 Å². The summed E-state index contributed by atoms with van der Waals surface area (Å²) in [7, 11) is 0. The normalized spacial score (nSPS) is 12.3. The van der Waals surface area contributed by atoms with Gasteiger partial charge in [-0.15, -0.1) is 17.1 Å². The summed E-state index contributed by atoms with van der Waals surface area (Å²) in [6.45, 7) is 8.51. The molecule has 0 radical (unpaired) electrons. The van der Waals surface area contributed by atoms with Gasteiger partial charge >= 0.3 is 0 Å². The Morgan fingerprint density at radius 1 is 0.460 bits per heavy atom. The zero-order valence-corrected chi connectivity index (χ0v) is 35.8. The van der Waals surface area contributed by atoms with Crippen molar-refractivity contribution in [3.8, 4) is 33.4 Å². The Kier molecular flexibility index (Phi) is 9.63. The highest BCUT2D eigenvalue weighted by atomic mass is 32.1. The Hall–Kier alpha value is -7.81. The van der Waals surface area contributed by atoms with E-state index in [1.54, 1.807) is 0 Å². The Morgan fingerprint density at radius 3 is 1.86 bits per heavy atom. The molecule has 0 unspecified atom stereocenters. The average molecular weight is 824 g/mol. The van der Waals surface area contributed by atoms with Crippen LogP contribution in [0.1, 0.15) is 30.5 Å². The van der Waals surface area contributed by atoms with Crippen LogP contribution in [0.4, 0.5) is 0 Å². The molecule has 0 N–H and O–H groups in total. The maximum Gasteiger partial charge on any atom is 0.136 e. The second kappa shape index (κ2) is 15.9. The first-order valence-electron chi connectivity index (χ1n) is 21.3. The van der Waals surface area contributed by atoms with Crippen molar-refractivity contribution < 1.29 is 4.42 Å². The van der Waals surface area contributed by atoms with Gasteiger partial charge in [-0.2, -0.15) is 0 Å². The second-order valence-corrected chi connectivity index (χ2v) is 17.1. The fourth-order valence-electron chi connectivity index (χ4n) is 9.06. The number of para-hydroxylation sites is 1. The molecule has 0 saturated carbocycles. The molecule has 3 heteroatoms. The van der Waals surface area contributed by atoms with Gasteiger partial charge in [-0.3, -0.25) is 0 Å². The number of hydrogen-bond donors (Lipinski definition) is 0. The second-order valence-electron chi connectivity index (χ2n) is 16.1. The molecule has 0 atom stereocenters. The van der Waals surface area contributed by atoms with Gasteiger partial charge in [0.2, 0.25) is 0 Å². The maximum atomic E-state index is 6.41. The van der Waals surface area contributed by atoms with Gasteiger partial charge in [-0.05, 0) is 99.5 Å². The number of rotatable bonds is 8. The third-order valence-electron chi connectivity index (χ3n) is 12.4. The van der Waals surface area contributed by atoms with Gasteiger partial charge in [-0.1, -0.05) is 176 Å². The minimum atomic E-state index is 0.675. The lowest BCUT2D eigenvalue weighted by molar-refractivity contribution is 0.669. The van der Waals surface area contributed by atoms with Crippen molar-refractivity contribution in [1.82, 2.24) is 0 Å². The van der Waals surface area contributed by atoms with Crippen LogP contribution in [-0.2, 0) is 0 Å². The smallest absolute Gasteiger partial charge is 0.136 e. The van der Waals surface area contributed by atoms with E-state index < -0.39 is 0 Å². The number of benzene rings is 9. The molecule has 298 valence electrons. The first kappa shape index (κ1) is 38.1. The van der Waals surface area contributed by atoms with Crippen LogP contribution in [0.3, 0.4) is 0 Å². The summed E-state index contributed by atoms with van der Waals surface area (Å²) in [5.74, 6) is 0. The third-order valence-corrected chi connectivity index (χ3v) is 13.7. The molecule has 11 aromatic rings. The van der Waals surface area contributed by atoms with Crippen molar-refractivity contribution in [3.63, 3.8) is 0 Å². The molecule has 0 aliphatic rings. The van der Waals surface area contributed by atoms with Crippen molar-refractivity contribution >= 4 is 81.2 Å². The largest absolute Gasteiger partial charge is 0.456 e. The van der Waals surface area contributed by atoms with Crippen molar-refractivity contribution in [2.45, 2.75) is 13.8 Å². The molecule has 0 aliphatic carbocycles. The zero-order chi connectivity index (χ0) is 42.4. The van der Waals surface area contributed by atoms with E-state index in [9.17, 15) is 0 Å². The highest BCUT2D eigenvalue weighted by Gasteiger charge is 2.18. The number of furan rings is 1. The van der Waals surface area contributed by atoms with E-state index in [2.05, 4.69) is 208 Å². The van der Waals surface area contributed by atoms with Crippen LogP contribution in [0.25, 0.3) is 97.5 Å². The van der Waals surface area contributed by atoms with Gasteiger partial charge in [0.05, 0.1) is 5.71 Å². The van der Waals surface area contributed by atoms with Crippen LogP contribution in [0.2, 0.25) is 0 Å². The first-order chi connectivity index (χ1) is 31.0. The topological polar surface area (TPSA) is 25.5 Å². The molecule has 2 nitrogen and oxygen atoms in total. The average Bonchev–Trinajstić information content (AvgIpc) is 3.92. The molecule has 0 fully saturated rings. The summed E-state index contributed by atoms with van der Waals surface area (Å²) in [6.07, 6.45) is 0. The van der Waals surface area contributed by atoms with Crippen molar-refractivity contribution in [1.29, 1.82) is 0 Å². The molecule has 9 aromatic carbocycles. The summed E-state index contributed by atoms with van der Waals surface area (Å²) in [6, 6.07) is 71.2. The Morgan fingerprint density at radius 2 is 1.06 bits per heavy atom. The van der Waals surface area contributed by atoms with E-state index in [1.807, 2.05) is 29.5 Å². The summed E-state index contributed by atoms with van der Waals surface area (Å²) >= 11 is 1.89. The molecule has 0 saturated heterocycles. The molecule has 0 amide bonds. The molecule has 2 aromatic heterocycles. The Bertz CT molecular complexity index is 3690. The third kappa shape index (κ3) is 6.81. The van der Waals surface area contributed by atoms with Crippen molar-refractivity contribution in [3.05, 3.63) is 235 Å². The minimum Gasteiger partial charge on any atom is -0.456 e. The molecule has 0 spiro atoms. The molecular weight excluding hydrogens is 783 g/mol. The lowest BCUT2D eigenvalue weighted by atomic mass is 9.91. The van der Waals surface area contributed by atoms with E-state index >= 15 is 0 Å². The van der Waals surface area contributed by atoms with Crippen LogP contribution in [0, 0.1) is 0 Å². The highest BCUT2D eigenvalue weighted by Crippen LogP contribution is 2.45.